The second kappa shape index (κ2) is 8.90. The van der Waals surface area contributed by atoms with Gasteiger partial charge in [0.1, 0.15) is 0 Å². The Morgan fingerprint density at radius 1 is 1.15 bits per heavy atom. The number of hydrogen-bond donors (Lipinski definition) is 3. The molecule has 1 heterocycles. The number of amides is 2. The third-order valence-corrected chi connectivity index (χ3v) is 4.03. The standard InChI is InChI=1S/C23H27N3O/c1-7-8-16(4)13-17(5)24-23(27)26-20-11-9-19(10-12-20)22-14-21(15(2)3)18(6)25-22/h7-14,25H,2,5H2,1,3-4,6H3,(H2,24,26,27)/b8-7-,16-13-. The Labute approximate surface area is 161 Å². The number of carbonyl (C=O) groups excluding carboxylic acids is 1. The Morgan fingerprint density at radius 3 is 2.37 bits per heavy atom. The number of benzene rings is 1. The van der Waals surface area contributed by atoms with Crippen LogP contribution in [0.2, 0.25) is 0 Å². The van der Waals surface area contributed by atoms with Crippen LogP contribution in [-0.2, 0) is 0 Å². The summed E-state index contributed by atoms with van der Waals surface area (Å²) in [5, 5.41) is 5.53. The lowest BCUT2D eigenvalue weighted by atomic mass is 10.1. The van der Waals surface area contributed by atoms with Crippen LogP contribution < -0.4 is 10.6 Å². The largest absolute Gasteiger partial charge is 0.358 e. The van der Waals surface area contributed by atoms with Crippen LogP contribution in [0.1, 0.15) is 32.0 Å². The van der Waals surface area contributed by atoms with E-state index in [0.29, 0.717) is 11.4 Å². The lowest BCUT2D eigenvalue weighted by Crippen LogP contribution is -2.27. The minimum absolute atomic E-state index is 0.322. The molecule has 3 N–H and O–H groups in total. The van der Waals surface area contributed by atoms with E-state index in [1.807, 2.05) is 70.2 Å². The molecule has 4 heteroatoms. The minimum Gasteiger partial charge on any atom is -0.358 e. The monoisotopic (exact) mass is 361 g/mol. The molecule has 0 aliphatic rings. The molecule has 1 aromatic carbocycles. The fourth-order valence-electron chi connectivity index (χ4n) is 2.82. The van der Waals surface area contributed by atoms with Crippen LogP contribution in [0.5, 0.6) is 0 Å². The van der Waals surface area contributed by atoms with Crippen molar-refractivity contribution in [3.63, 3.8) is 0 Å². The van der Waals surface area contributed by atoms with Crippen LogP contribution in [0.15, 0.2) is 73.0 Å². The Hall–Kier alpha value is -3.27. The summed E-state index contributed by atoms with van der Waals surface area (Å²) in [4.78, 5) is 15.5. The molecule has 0 bridgehead atoms. The van der Waals surface area contributed by atoms with Crippen molar-refractivity contribution in [3.05, 3.63) is 84.2 Å². The first-order valence-corrected chi connectivity index (χ1v) is 8.84. The van der Waals surface area contributed by atoms with Gasteiger partial charge in [0.2, 0.25) is 0 Å². The lowest BCUT2D eigenvalue weighted by Gasteiger charge is -2.08. The second-order valence-corrected chi connectivity index (χ2v) is 6.57. The van der Waals surface area contributed by atoms with E-state index >= 15 is 0 Å². The smallest absolute Gasteiger partial charge is 0.323 e. The van der Waals surface area contributed by atoms with E-state index in [2.05, 4.69) is 34.8 Å². The van der Waals surface area contributed by atoms with E-state index in [0.717, 1.165) is 33.7 Å². The van der Waals surface area contributed by atoms with Gasteiger partial charge in [-0.2, -0.15) is 0 Å². The van der Waals surface area contributed by atoms with Gasteiger partial charge in [0.05, 0.1) is 0 Å². The van der Waals surface area contributed by atoms with E-state index in [9.17, 15) is 4.79 Å². The van der Waals surface area contributed by atoms with Crippen LogP contribution >= 0.6 is 0 Å². The van der Waals surface area contributed by atoms with Crippen LogP contribution in [0.3, 0.4) is 0 Å². The molecule has 0 fully saturated rings. The van der Waals surface area contributed by atoms with Gasteiger partial charge in [-0.1, -0.05) is 37.4 Å². The number of rotatable bonds is 6. The maximum atomic E-state index is 12.1. The Balaban J connectivity index is 2.02. The van der Waals surface area contributed by atoms with Crippen molar-refractivity contribution in [2.45, 2.75) is 27.7 Å². The minimum atomic E-state index is -0.322. The Kier molecular flexibility index (Phi) is 6.61. The van der Waals surface area contributed by atoms with E-state index in [-0.39, 0.29) is 6.03 Å². The highest BCUT2D eigenvalue weighted by Crippen LogP contribution is 2.26. The van der Waals surface area contributed by atoms with Crippen LogP contribution in [-0.4, -0.2) is 11.0 Å². The summed E-state index contributed by atoms with van der Waals surface area (Å²) in [5.74, 6) is 0. The van der Waals surface area contributed by atoms with Crippen LogP contribution in [0, 0.1) is 6.92 Å². The molecule has 0 radical (unpaired) electrons. The van der Waals surface area contributed by atoms with Gasteiger partial charge in [0.15, 0.2) is 0 Å². The number of aromatic nitrogens is 1. The molecule has 2 aromatic rings. The van der Waals surface area contributed by atoms with Gasteiger partial charge < -0.3 is 15.6 Å². The topological polar surface area (TPSA) is 56.9 Å². The highest BCUT2D eigenvalue weighted by molar-refractivity contribution is 5.91. The third-order valence-electron chi connectivity index (χ3n) is 4.03. The average Bonchev–Trinajstić information content (AvgIpc) is 2.97. The predicted molar refractivity (Wildman–Crippen MR) is 116 cm³/mol. The summed E-state index contributed by atoms with van der Waals surface area (Å²) >= 11 is 0. The molecule has 27 heavy (non-hydrogen) atoms. The Morgan fingerprint density at radius 2 is 1.81 bits per heavy atom. The van der Waals surface area contributed by atoms with E-state index < -0.39 is 0 Å². The first-order chi connectivity index (χ1) is 12.8. The lowest BCUT2D eigenvalue weighted by molar-refractivity contribution is 0.254. The van der Waals surface area contributed by atoms with Crippen LogP contribution in [0.4, 0.5) is 10.5 Å². The quantitative estimate of drug-likeness (QED) is 0.529. The zero-order valence-corrected chi connectivity index (χ0v) is 16.4. The van der Waals surface area contributed by atoms with Crippen molar-refractivity contribution in [2.75, 3.05) is 5.32 Å². The molecule has 0 saturated carbocycles. The van der Waals surface area contributed by atoms with Gasteiger partial charge in [0.25, 0.3) is 0 Å². The molecule has 1 aromatic heterocycles. The zero-order valence-electron chi connectivity index (χ0n) is 16.4. The summed E-state index contributed by atoms with van der Waals surface area (Å²) in [6.45, 7) is 15.8. The molecule has 2 rings (SSSR count). The summed E-state index contributed by atoms with van der Waals surface area (Å²) in [6.07, 6.45) is 5.70. The molecule has 0 unspecified atom stereocenters. The van der Waals surface area contributed by atoms with Crippen molar-refractivity contribution < 1.29 is 4.79 Å². The first kappa shape index (κ1) is 20.0. The predicted octanol–water partition coefficient (Wildman–Crippen LogP) is 6.18. The molecule has 4 nitrogen and oxygen atoms in total. The number of aromatic amines is 1. The Bertz CT molecular complexity index is 912. The number of urea groups is 1. The van der Waals surface area contributed by atoms with Crippen molar-refractivity contribution in [1.82, 2.24) is 10.3 Å². The third kappa shape index (κ3) is 5.61. The summed E-state index contributed by atoms with van der Waals surface area (Å²) in [5.41, 5.74) is 7.59. The SMILES string of the molecule is C=C(/C=C(C)\C=C/C)NC(=O)Nc1ccc(-c2cc(C(=C)C)c(C)[nH]2)cc1. The number of aryl methyl sites for hydroxylation is 1. The van der Waals surface area contributed by atoms with Crippen LogP contribution in [0.25, 0.3) is 16.8 Å². The number of allylic oxidation sites excluding steroid dienone is 5. The molecule has 2 amide bonds. The number of anilines is 1. The fraction of sp³-hybridized carbons (Fsp3) is 0.174. The highest BCUT2D eigenvalue weighted by atomic mass is 16.2. The van der Waals surface area contributed by atoms with Crippen molar-refractivity contribution in [3.8, 4) is 11.3 Å². The number of nitrogens with one attached hydrogen (secondary N) is 3. The molecular formula is C23H27N3O. The average molecular weight is 361 g/mol. The highest BCUT2D eigenvalue weighted by Gasteiger charge is 2.08. The van der Waals surface area contributed by atoms with Crippen molar-refractivity contribution in [1.29, 1.82) is 0 Å². The van der Waals surface area contributed by atoms with Crippen molar-refractivity contribution in [2.24, 2.45) is 0 Å². The summed E-state index contributed by atoms with van der Waals surface area (Å²) in [7, 11) is 0. The van der Waals surface area contributed by atoms with Gasteiger partial charge in [-0.05, 0) is 74.2 Å². The molecule has 0 saturated heterocycles. The molecular weight excluding hydrogens is 334 g/mol. The number of carbonyl (C=O) groups is 1. The summed E-state index contributed by atoms with van der Waals surface area (Å²) < 4.78 is 0. The zero-order chi connectivity index (χ0) is 20.0. The van der Waals surface area contributed by atoms with Gasteiger partial charge in [-0.3, -0.25) is 0 Å². The van der Waals surface area contributed by atoms with E-state index in [1.54, 1.807) is 0 Å². The number of H-pyrrole nitrogens is 1. The fourth-order valence-corrected chi connectivity index (χ4v) is 2.82. The maximum absolute atomic E-state index is 12.1. The maximum Gasteiger partial charge on any atom is 0.323 e. The normalized spacial score (nSPS) is 11.5. The van der Waals surface area contributed by atoms with Gasteiger partial charge in [-0.25, -0.2) is 4.79 Å². The molecule has 0 aliphatic carbocycles. The molecule has 140 valence electrons. The second-order valence-electron chi connectivity index (χ2n) is 6.57. The summed E-state index contributed by atoms with van der Waals surface area (Å²) in [6, 6.07) is 9.44. The van der Waals surface area contributed by atoms with E-state index in [4.69, 9.17) is 0 Å². The van der Waals surface area contributed by atoms with Gasteiger partial charge in [0, 0.05) is 22.8 Å². The molecule has 0 atom stereocenters. The van der Waals surface area contributed by atoms with Crippen molar-refractivity contribution >= 4 is 17.3 Å². The van der Waals surface area contributed by atoms with E-state index in [1.165, 1.54) is 0 Å². The molecule has 0 aliphatic heterocycles. The number of hydrogen-bond acceptors (Lipinski definition) is 1. The molecule has 0 spiro atoms. The van der Waals surface area contributed by atoms with Gasteiger partial charge in [-0.15, -0.1) is 0 Å². The first-order valence-electron chi connectivity index (χ1n) is 8.84. The van der Waals surface area contributed by atoms with Gasteiger partial charge >= 0.3 is 6.03 Å².